The molecule has 0 aliphatic carbocycles. The fourth-order valence-electron chi connectivity index (χ4n) is 1.76. The molecule has 1 rings (SSSR count). The molecule has 0 radical (unpaired) electrons. The Labute approximate surface area is 110 Å². The first-order valence-electron chi connectivity index (χ1n) is 6.16. The zero-order chi connectivity index (χ0) is 13.5. The molecule has 1 aliphatic rings. The predicted molar refractivity (Wildman–Crippen MR) is 76.6 cm³/mol. The summed E-state index contributed by atoms with van der Waals surface area (Å²) in [6, 6.07) is 0.484. The van der Waals surface area contributed by atoms with Crippen LogP contribution in [0.2, 0.25) is 0 Å². The number of nitrogens with one attached hydrogen (secondary N) is 1. The van der Waals surface area contributed by atoms with Crippen LogP contribution < -0.4 is 5.32 Å². The predicted octanol–water partition coefficient (Wildman–Crippen LogP) is 0.216. The van der Waals surface area contributed by atoms with Crippen LogP contribution in [0.5, 0.6) is 0 Å². The molecule has 1 N–H and O–H groups in total. The first kappa shape index (κ1) is 14.5. The van der Waals surface area contributed by atoms with E-state index in [2.05, 4.69) is 33.8 Å². The number of piperazine rings is 1. The SMILES string of the molecule is C=CN(C)N(C)/N=C\C(=N/C)N1CCN[C@H](C)C1. The molecule has 18 heavy (non-hydrogen) atoms. The number of rotatable bonds is 4. The van der Waals surface area contributed by atoms with Gasteiger partial charge in [-0.2, -0.15) is 5.10 Å². The molecule has 6 heteroatoms. The lowest BCUT2D eigenvalue weighted by Crippen LogP contribution is -2.51. The van der Waals surface area contributed by atoms with Gasteiger partial charge in [0.2, 0.25) is 0 Å². The van der Waals surface area contributed by atoms with Gasteiger partial charge in [-0.05, 0) is 6.92 Å². The van der Waals surface area contributed by atoms with Crippen LogP contribution in [0.15, 0.2) is 22.9 Å². The Morgan fingerprint density at radius 1 is 1.50 bits per heavy atom. The molecule has 0 unspecified atom stereocenters. The Hall–Kier alpha value is -1.56. The van der Waals surface area contributed by atoms with E-state index in [1.54, 1.807) is 29.6 Å². The van der Waals surface area contributed by atoms with Crippen LogP contribution in [0.3, 0.4) is 0 Å². The van der Waals surface area contributed by atoms with Crippen molar-refractivity contribution in [1.82, 2.24) is 20.3 Å². The first-order chi connectivity index (χ1) is 8.58. The number of hydrazone groups is 1. The van der Waals surface area contributed by atoms with Crippen LogP contribution in [0, 0.1) is 0 Å². The van der Waals surface area contributed by atoms with Gasteiger partial charge in [-0.1, -0.05) is 6.58 Å². The maximum Gasteiger partial charge on any atom is 0.144 e. The van der Waals surface area contributed by atoms with Crippen molar-refractivity contribution >= 4 is 12.1 Å². The van der Waals surface area contributed by atoms with Crippen molar-refractivity contribution in [3.05, 3.63) is 12.8 Å². The molecular weight excluding hydrogens is 228 g/mol. The van der Waals surface area contributed by atoms with Gasteiger partial charge in [0.05, 0.1) is 6.21 Å². The minimum atomic E-state index is 0.484. The van der Waals surface area contributed by atoms with Crippen molar-refractivity contribution in [2.75, 3.05) is 40.8 Å². The van der Waals surface area contributed by atoms with Gasteiger partial charge in [0, 0.05) is 53.0 Å². The zero-order valence-corrected chi connectivity index (χ0v) is 11.8. The molecule has 0 aromatic rings. The lowest BCUT2D eigenvalue weighted by Gasteiger charge is -2.33. The van der Waals surface area contributed by atoms with E-state index >= 15 is 0 Å². The van der Waals surface area contributed by atoms with E-state index in [1.165, 1.54) is 0 Å². The quantitative estimate of drug-likeness (QED) is 0.441. The highest BCUT2D eigenvalue weighted by atomic mass is 15.7. The van der Waals surface area contributed by atoms with Crippen molar-refractivity contribution in [3.63, 3.8) is 0 Å². The van der Waals surface area contributed by atoms with Crippen molar-refractivity contribution < 1.29 is 0 Å². The van der Waals surface area contributed by atoms with Crippen molar-refractivity contribution in [2.24, 2.45) is 10.1 Å². The Bertz CT molecular complexity index is 325. The maximum atomic E-state index is 4.34. The molecule has 1 saturated heterocycles. The summed E-state index contributed by atoms with van der Waals surface area (Å²) in [6.07, 6.45) is 3.49. The highest BCUT2D eigenvalue weighted by Crippen LogP contribution is 2.00. The molecule has 0 saturated carbocycles. The summed E-state index contributed by atoms with van der Waals surface area (Å²) in [5.74, 6) is 0.910. The summed E-state index contributed by atoms with van der Waals surface area (Å²) in [5, 5.41) is 11.3. The number of hydrogen-bond donors (Lipinski definition) is 1. The van der Waals surface area contributed by atoms with E-state index in [0.717, 1.165) is 25.5 Å². The molecule has 6 nitrogen and oxygen atoms in total. The average molecular weight is 252 g/mol. The van der Waals surface area contributed by atoms with Crippen molar-refractivity contribution in [1.29, 1.82) is 0 Å². The minimum absolute atomic E-state index is 0.484. The highest BCUT2D eigenvalue weighted by molar-refractivity contribution is 6.29. The number of hydrogen-bond acceptors (Lipinski definition) is 5. The molecule has 1 aliphatic heterocycles. The first-order valence-corrected chi connectivity index (χ1v) is 6.16. The van der Waals surface area contributed by atoms with E-state index < -0.39 is 0 Å². The number of aliphatic imine (C=N–C) groups is 1. The lowest BCUT2D eigenvalue weighted by atomic mass is 10.2. The normalized spacial score (nSPS) is 21.2. The van der Waals surface area contributed by atoms with Crippen molar-refractivity contribution in [2.45, 2.75) is 13.0 Å². The molecule has 0 aromatic carbocycles. The summed E-state index contributed by atoms with van der Waals surface area (Å²) >= 11 is 0. The molecule has 0 spiro atoms. The van der Waals surface area contributed by atoms with Gasteiger partial charge >= 0.3 is 0 Å². The standard InChI is InChI=1S/C12H24N6/c1-6-16(4)17(5)15-9-12(13-3)18-8-7-14-11(2)10-18/h6,9,11,14H,1,7-8,10H2,2-5H3/b13-12+,15-9-/t11-/m1/s1. The topological polar surface area (TPSA) is 46.5 Å². The molecule has 102 valence electrons. The van der Waals surface area contributed by atoms with Crippen LogP contribution in [0.1, 0.15) is 6.92 Å². The van der Waals surface area contributed by atoms with Crippen molar-refractivity contribution in [3.8, 4) is 0 Å². The lowest BCUT2D eigenvalue weighted by molar-refractivity contribution is 0.0864. The molecule has 0 bridgehead atoms. The van der Waals surface area contributed by atoms with E-state index in [1.807, 2.05) is 14.1 Å². The summed E-state index contributed by atoms with van der Waals surface area (Å²) in [5.41, 5.74) is 0. The van der Waals surface area contributed by atoms with Crippen LogP contribution in [-0.4, -0.2) is 73.9 Å². The van der Waals surface area contributed by atoms with E-state index in [0.29, 0.717) is 6.04 Å². The van der Waals surface area contributed by atoms with Gasteiger partial charge in [0.15, 0.2) is 0 Å². The van der Waals surface area contributed by atoms with E-state index in [4.69, 9.17) is 0 Å². The van der Waals surface area contributed by atoms with Gasteiger partial charge in [0.25, 0.3) is 0 Å². The molecule has 0 aromatic heterocycles. The Morgan fingerprint density at radius 3 is 2.78 bits per heavy atom. The van der Waals surface area contributed by atoms with Gasteiger partial charge in [-0.3, -0.25) is 10.0 Å². The van der Waals surface area contributed by atoms with Crippen LogP contribution in [-0.2, 0) is 0 Å². The van der Waals surface area contributed by atoms with E-state index in [9.17, 15) is 0 Å². The molecule has 1 heterocycles. The smallest absolute Gasteiger partial charge is 0.144 e. The van der Waals surface area contributed by atoms with E-state index in [-0.39, 0.29) is 0 Å². The molecule has 1 atom stereocenters. The zero-order valence-electron chi connectivity index (χ0n) is 11.8. The van der Waals surface area contributed by atoms with Gasteiger partial charge in [-0.25, -0.2) is 5.12 Å². The fraction of sp³-hybridized carbons (Fsp3) is 0.667. The Kier molecular flexibility index (Phi) is 5.64. The van der Waals surface area contributed by atoms with Gasteiger partial charge < -0.3 is 10.2 Å². The summed E-state index contributed by atoms with van der Waals surface area (Å²) in [4.78, 5) is 6.54. The maximum absolute atomic E-state index is 4.34. The fourth-order valence-corrected chi connectivity index (χ4v) is 1.76. The summed E-state index contributed by atoms with van der Waals surface area (Å²) in [6.45, 7) is 8.77. The Balaban J connectivity index is 2.61. The van der Waals surface area contributed by atoms with Crippen LogP contribution >= 0.6 is 0 Å². The monoisotopic (exact) mass is 252 g/mol. The molecular formula is C12H24N6. The third kappa shape index (κ3) is 4.03. The largest absolute Gasteiger partial charge is 0.353 e. The highest BCUT2D eigenvalue weighted by Gasteiger charge is 2.17. The van der Waals surface area contributed by atoms with Gasteiger partial charge in [-0.15, -0.1) is 0 Å². The third-order valence-corrected chi connectivity index (χ3v) is 2.98. The number of nitrogens with zero attached hydrogens (tertiary/aromatic N) is 5. The molecule has 1 fully saturated rings. The summed E-state index contributed by atoms with van der Waals surface area (Å²) in [7, 11) is 5.55. The summed E-state index contributed by atoms with van der Waals surface area (Å²) < 4.78 is 0. The number of hydrazine groups is 1. The second-order valence-corrected chi connectivity index (χ2v) is 4.37. The third-order valence-electron chi connectivity index (χ3n) is 2.98. The number of amidine groups is 1. The average Bonchev–Trinajstić information content (AvgIpc) is 2.38. The molecule has 0 amide bonds. The Morgan fingerprint density at radius 2 is 2.22 bits per heavy atom. The minimum Gasteiger partial charge on any atom is -0.353 e. The second-order valence-electron chi connectivity index (χ2n) is 4.37. The van der Waals surface area contributed by atoms with Crippen LogP contribution in [0.4, 0.5) is 0 Å². The van der Waals surface area contributed by atoms with Gasteiger partial charge in [0.1, 0.15) is 5.84 Å². The second kappa shape index (κ2) is 7.00. The van der Waals surface area contributed by atoms with Crippen LogP contribution in [0.25, 0.3) is 0 Å².